The molecule has 1 aromatic rings. The highest BCUT2D eigenvalue weighted by molar-refractivity contribution is 9.10. The lowest BCUT2D eigenvalue weighted by atomic mass is 10.2. The molecule has 0 N–H and O–H groups in total. The van der Waals surface area contributed by atoms with Gasteiger partial charge in [-0.1, -0.05) is 0 Å². The molecule has 0 heterocycles. The van der Waals surface area contributed by atoms with E-state index in [1.165, 1.54) is 6.07 Å². The quantitative estimate of drug-likeness (QED) is 0.471. The minimum absolute atomic E-state index is 0.0469. The van der Waals surface area contributed by atoms with Crippen molar-refractivity contribution in [3.63, 3.8) is 0 Å². The molecule has 1 aromatic carbocycles. The third-order valence-corrected chi connectivity index (χ3v) is 2.58. The molecule has 0 aliphatic carbocycles. The van der Waals surface area contributed by atoms with Crippen LogP contribution in [0.2, 0.25) is 0 Å². The van der Waals surface area contributed by atoms with Crippen molar-refractivity contribution in [3.05, 3.63) is 32.3 Å². The van der Waals surface area contributed by atoms with E-state index in [-0.39, 0.29) is 5.69 Å². The Labute approximate surface area is 83.5 Å². The molecule has 0 fully saturated rings. The van der Waals surface area contributed by atoms with Crippen LogP contribution in [-0.2, 0) is 0 Å². The molecule has 0 amide bonds. The number of thiol groups is 1. The molecule has 0 bridgehead atoms. The van der Waals surface area contributed by atoms with Gasteiger partial charge in [0.15, 0.2) is 0 Å². The SMILES string of the molecule is Cc1cc(Br)c([N+](=O)[O-])cc1S. The molecule has 12 heavy (non-hydrogen) atoms. The summed E-state index contributed by atoms with van der Waals surface area (Å²) in [5, 5.41) is 10.4. The molecule has 0 atom stereocenters. The third-order valence-electron chi connectivity index (χ3n) is 1.46. The molecule has 3 nitrogen and oxygen atoms in total. The van der Waals surface area contributed by atoms with Gasteiger partial charge in [0, 0.05) is 11.0 Å². The summed E-state index contributed by atoms with van der Waals surface area (Å²) in [5.74, 6) is 0. The Bertz CT molecular complexity index is 340. The van der Waals surface area contributed by atoms with Crippen LogP contribution in [0.1, 0.15) is 5.56 Å². The summed E-state index contributed by atoms with van der Waals surface area (Å²) >= 11 is 7.19. The summed E-state index contributed by atoms with van der Waals surface area (Å²) in [6.45, 7) is 1.84. The minimum Gasteiger partial charge on any atom is -0.258 e. The number of rotatable bonds is 1. The molecular weight excluding hydrogens is 242 g/mol. The van der Waals surface area contributed by atoms with E-state index in [2.05, 4.69) is 28.6 Å². The Morgan fingerprint density at radius 2 is 2.17 bits per heavy atom. The van der Waals surface area contributed by atoms with Crippen LogP contribution in [0.3, 0.4) is 0 Å². The highest BCUT2D eigenvalue weighted by Gasteiger charge is 2.12. The molecule has 0 saturated carbocycles. The molecule has 0 saturated heterocycles. The van der Waals surface area contributed by atoms with Crippen molar-refractivity contribution in [2.75, 3.05) is 0 Å². The van der Waals surface area contributed by atoms with E-state index in [0.29, 0.717) is 9.37 Å². The number of nitrogens with zero attached hydrogens (tertiary/aromatic N) is 1. The fraction of sp³-hybridized carbons (Fsp3) is 0.143. The first-order valence-electron chi connectivity index (χ1n) is 3.16. The van der Waals surface area contributed by atoms with Crippen LogP contribution in [0.5, 0.6) is 0 Å². The Balaban J connectivity index is 3.33. The molecule has 0 aliphatic heterocycles. The number of halogens is 1. The van der Waals surface area contributed by atoms with Crippen molar-refractivity contribution >= 4 is 34.2 Å². The van der Waals surface area contributed by atoms with Gasteiger partial charge in [0.05, 0.1) is 9.40 Å². The average Bonchev–Trinajstić information content (AvgIpc) is 1.96. The number of nitro groups is 1. The number of aryl methyl sites for hydroxylation is 1. The van der Waals surface area contributed by atoms with E-state index < -0.39 is 4.92 Å². The Hall–Kier alpha value is -0.550. The molecular formula is C7H6BrNO2S. The van der Waals surface area contributed by atoms with Gasteiger partial charge in [0.25, 0.3) is 5.69 Å². The molecule has 0 aliphatic rings. The zero-order chi connectivity index (χ0) is 9.30. The van der Waals surface area contributed by atoms with E-state index in [1.807, 2.05) is 6.92 Å². The van der Waals surface area contributed by atoms with Crippen LogP contribution in [0.4, 0.5) is 5.69 Å². The monoisotopic (exact) mass is 247 g/mol. The van der Waals surface area contributed by atoms with Gasteiger partial charge in [0.1, 0.15) is 0 Å². The van der Waals surface area contributed by atoms with E-state index >= 15 is 0 Å². The van der Waals surface area contributed by atoms with Gasteiger partial charge in [0.2, 0.25) is 0 Å². The lowest BCUT2D eigenvalue weighted by Crippen LogP contribution is -1.90. The van der Waals surface area contributed by atoms with E-state index in [4.69, 9.17) is 0 Å². The van der Waals surface area contributed by atoms with Gasteiger partial charge in [-0.3, -0.25) is 10.1 Å². The molecule has 0 spiro atoms. The first-order valence-corrected chi connectivity index (χ1v) is 4.40. The van der Waals surface area contributed by atoms with Crippen LogP contribution in [0.25, 0.3) is 0 Å². The van der Waals surface area contributed by atoms with Crippen molar-refractivity contribution in [1.82, 2.24) is 0 Å². The highest BCUT2D eigenvalue weighted by Crippen LogP contribution is 2.29. The van der Waals surface area contributed by atoms with Gasteiger partial charge in [-0.05, 0) is 34.5 Å². The van der Waals surface area contributed by atoms with E-state index in [9.17, 15) is 10.1 Å². The molecule has 0 unspecified atom stereocenters. The van der Waals surface area contributed by atoms with Crippen molar-refractivity contribution in [1.29, 1.82) is 0 Å². The fourth-order valence-corrected chi connectivity index (χ4v) is 1.58. The first-order chi connectivity index (χ1) is 5.52. The first kappa shape index (κ1) is 9.54. The molecule has 0 aromatic heterocycles. The molecule has 5 heteroatoms. The maximum atomic E-state index is 10.4. The second kappa shape index (κ2) is 3.45. The lowest BCUT2D eigenvalue weighted by molar-refractivity contribution is -0.385. The maximum Gasteiger partial charge on any atom is 0.284 e. The fourth-order valence-electron chi connectivity index (χ4n) is 0.790. The number of nitro benzene ring substituents is 1. The van der Waals surface area contributed by atoms with Crippen LogP contribution < -0.4 is 0 Å². The molecule has 64 valence electrons. The summed E-state index contributed by atoms with van der Waals surface area (Å²) in [7, 11) is 0. The Kier molecular flexibility index (Phi) is 2.74. The van der Waals surface area contributed by atoms with Crippen molar-refractivity contribution < 1.29 is 4.92 Å². The highest BCUT2D eigenvalue weighted by atomic mass is 79.9. The predicted molar refractivity (Wildman–Crippen MR) is 52.8 cm³/mol. The molecule has 1 rings (SSSR count). The Morgan fingerprint density at radius 3 is 2.67 bits per heavy atom. The van der Waals surface area contributed by atoms with Crippen LogP contribution in [0, 0.1) is 17.0 Å². The summed E-state index contributed by atoms with van der Waals surface area (Å²) < 4.78 is 0.489. The summed E-state index contributed by atoms with van der Waals surface area (Å²) in [6.07, 6.45) is 0. The van der Waals surface area contributed by atoms with Gasteiger partial charge in [-0.25, -0.2) is 0 Å². The second-order valence-corrected chi connectivity index (χ2v) is 3.68. The maximum absolute atomic E-state index is 10.4. The summed E-state index contributed by atoms with van der Waals surface area (Å²) in [6, 6.07) is 3.11. The zero-order valence-electron chi connectivity index (χ0n) is 6.24. The standard InChI is InChI=1S/C7H6BrNO2S/c1-4-2-5(8)6(9(10)11)3-7(4)12/h2-3,12H,1H3. The summed E-state index contributed by atoms with van der Waals surface area (Å²) in [4.78, 5) is 10.6. The van der Waals surface area contributed by atoms with Gasteiger partial charge in [-0.2, -0.15) is 0 Å². The number of benzene rings is 1. The van der Waals surface area contributed by atoms with Crippen LogP contribution >= 0.6 is 28.6 Å². The van der Waals surface area contributed by atoms with Crippen molar-refractivity contribution in [2.45, 2.75) is 11.8 Å². The lowest BCUT2D eigenvalue weighted by Gasteiger charge is -2.00. The largest absolute Gasteiger partial charge is 0.284 e. The van der Waals surface area contributed by atoms with Crippen LogP contribution in [-0.4, -0.2) is 4.92 Å². The van der Waals surface area contributed by atoms with Crippen molar-refractivity contribution in [2.24, 2.45) is 0 Å². The number of hydrogen-bond donors (Lipinski definition) is 1. The number of hydrogen-bond acceptors (Lipinski definition) is 3. The topological polar surface area (TPSA) is 43.1 Å². The smallest absolute Gasteiger partial charge is 0.258 e. The summed E-state index contributed by atoms with van der Waals surface area (Å²) in [5.41, 5.74) is 0.960. The zero-order valence-corrected chi connectivity index (χ0v) is 8.72. The average molecular weight is 248 g/mol. The van der Waals surface area contributed by atoms with Gasteiger partial charge >= 0.3 is 0 Å². The van der Waals surface area contributed by atoms with Crippen LogP contribution in [0.15, 0.2) is 21.5 Å². The van der Waals surface area contributed by atoms with Crippen molar-refractivity contribution in [3.8, 4) is 0 Å². The van der Waals surface area contributed by atoms with E-state index in [1.54, 1.807) is 6.07 Å². The Morgan fingerprint density at radius 1 is 1.58 bits per heavy atom. The minimum atomic E-state index is -0.441. The predicted octanol–water partition coefficient (Wildman–Crippen LogP) is 2.95. The normalized spacial score (nSPS) is 9.92. The van der Waals surface area contributed by atoms with Gasteiger partial charge in [-0.15, -0.1) is 12.6 Å². The molecule has 0 radical (unpaired) electrons. The van der Waals surface area contributed by atoms with E-state index in [0.717, 1.165) is 5.56 Å². The second-order valence-electron chi connectivity index (χ2n) is 2.35. The third kappa shape index (κ3) is 1.78. The van der Waals surface area contributed by atoms with Gasteiger partial charge < -0.3 is 0 Å².